The summed E-state index contributed by atoms with van der Waals surface area (Å²) < 4.78 is 125. The van der Waals surface area contributed by atoms with Crippen molar-refractivity contribution in [1.82, 2.24) is 0 Å². The maximum atomic E-state index is 13.2. The van der Waals surface area contributed by atoms with E-state index in [1.165, 1.54) is 0 Å². The molecule has 3 rings (SSSR count). The summed E-state index contributed by atoms with van der Waals surface area (Å²) >= 11 is 0. The van der Waals surface area contributed by atoms with E-state index in [0.29, 0.717) is 0 Å². The molecule has 0 aliphatic carbocycles. The van der Waals surface area contributed by atoms with Crippen LogP contribution in [0.3, 0.4) is 0 Å². The number of carbonyl (C=O) groups excluding carboxylic acids is 2. The Morgan fingerprint density at radius 3 is 2.19 bits per heavy atom. The normalized spacial score (nSPS) is 33.3. The van der Waals surface area contributed by atoms with Gasteiger partial charge in [-0.25, -0.2) is 8.42 Å². The Kier molecular flexibility index (Phi) is 4.25. The van der Waals surface area contributed by atoms with Crippen molar-refractivity contribution in [2.24, 2.45) is 11.8 Å². The first-order chi connectivity index (χ1) is 12.1. The van der Waals surface area contributed by atoms with E-state index >= 15 is 0 Å². The van der Waals surface area contributed by atoms with E-state index in [9.17, 15) is 48.9 Å². The van der Waals surface area contributed by atoms with Crippen LogP contribution in [0.4, 0.5) is 26.3 Å². The number of esters is 2. The van der Waals surface area contributed by atoms with Crippen molar-refractivity contribution in [1.29, 1.82) is 0 Å². The van der Waals surface area contributed by atoms with E-state index < -0.39 is 75.9 Å². The van der Waals surface area contributed by atoms with Crippen molar-refractivity contribution in [2.75, 3.05) is 5.75 Å². The van der Waals surface area contributed by atoms with Crippen LogP contribution in [0.2, 0.25) is 0 Å². The monoisotopic (exact) mass is 427 g/mol. The van der Waals surface area contributed by atoms with E-state index in [0.717, 1.165) is 0 Å². The summed E-state index contributed by atoms with van der Waals surface area (Å²) in [4.78, 5) is 23.9. The van der Waals surface area contributed by atoms with Crippen LogP contribution in [0.15, 0.2) is 0 Å². The minimum Gasteiger partial charge on any atom is -0.748 e. The lowest BCUT2D eigenvalue weighted by molar-refractivity contribution is -0.362. The van der Waals surface area contributed by atoms with Gasteiger partial charge in [0, 0.05) is 6.42 Å². The minimum absolute atomic E-state index is 0.141. The highest BCUT2D eigenvalue weighted by Crippen LogP contribution is 2.52. The van der Waals surface area contributed by atoms with Crippen LogP contribution in [-0.2, 0) is 33.9 Å². The lowest BCUT2D eigenvalue weighted by Crippen LogP contribution is -2.64. The van der Waals surface area contributed by atoms with Gasteiger partial charge >= 0.3 is 29.9 Å². The van der Waals surface area contributed by atoms with Crippen molar-refractivity contribution in [3.8, 4) is 0 Å². The van der Waals surface area contributed by atoms with Crippen LogP contribution < -0.4 is 0 Å². The highest BCUT2D eigenvalue weighted by molar-refractivity contribution is 7.85. The van der Waals surface area contributed by atoms with Crippen LogP contribution in [-0.4, -0.2) is 66.9 Å². The van der Waals surface area contributed by atoms with Gasteiger partial charge in [-0.3, -0.25) is 9.59 Å². The second-order valence-corrected chi connectivity index (χ2v) is 7.75. The predicted molar refractivity (Wildman–Crippen MR) is 65.6 cm³/mol. The summed E-state index contributed by atoms with van der Waals surface area (Å²) in [7, 11) is -6.14. The summed E-state index contributed by atoms with van der Waals surface area (Å²) in [6, 6.07) is 0. The van der Waals surface area contributed by atoms with E-state index in [4.69, 9.17) is 9.47 Å². The molecule has 2 bridgehead atoms. The van der Waals surface area contributed by atoms with Crippen LogP contribution in [0, 0.1) is 11.8 Å². The summed E-state index contributed by atoms with van der Waals surface area (Å²) in [6.07, 6.45) is -16.1. The van der Waals surface area contributed by atoms with Gasteiger partial charge in [0.2, 0.25) is 0 Å². The summed E-state index contributed by atoms with van der Waals surface area (Å²) in [5.41, 5.74) is -5.58. The van der Waals surface area contributed by atoms with Gasteiger partial charge in [-0.2, -0.15) is 26.3 Å². The molecule has 3 heterocycles. The molecule has 3 fully saturated rings. The third-order valence-electron chi connectivity index (χ3n) is 4.69. The Morgan fingerprint density at radius 2 is 1.70 bits per heavy atom. The van der Waals surface area contributed by atoms with Crippen molar-refractivity contribution in [2.45, 2.75) is 42.7 Å². The molecule has 3 aliphatic heterocycles. The van der Waals surface area contributed by atoms with Crippen LogP contribution in [0.5, 0.6) is 0 Å². The fourth-order valence-electron chi connectivity index (χ4n) is 3.57. The first-order valence-corrected chi connectivity index (χ1v) is 8.81. The molecule has 3 saturated heterocycles. The number of ether oxygens (including phenoxy) is 3. The van der Waals surface area contributed by atoms with Crippen molar-refractivity contribution < 1.29 is 63.1 Å². The van der Waals surface area contributed by atoms with Crippen molar-refractivity contribution in [3.63, 3.8) is 0 Å². The predicted octanol–water partition coefficient (Wildman–Crippen LogP) is 0.267. The zero-order valence-electron chi connectivity index (χ0n) is 12.7. The van der Waals surface area contributed by atoms with Crippen molar-refractivity contribution >= 4 is 22.1 Å². The number of hydrogen-bond donors (Lipinski definition) is 0. The van der Waals surface area contributed by atoms with Gasteiger partial charge in [-0.15, -0.1) is 0 Å². The van der Waals surface area contributed by atoms with Gasteiger partial charge in [-0.05, 0) is 0 Å². The summed E-state index contributed by atoms with van der Waals surface area (Å²) in [5.74, 6) is -9.61. The summed E-state index contributed by atoms with van der Waals surface area (Å²) in [5, 5.41) is 0. The first-order valence-electron chi connectivity index (χ1n) is 7.23. The van der Waals surface area contributed by atoms with Gasteiger partial charge in [0.1, 0.15) is 18.1 Å². The van der Waals surface area contributed by atoms with Gasteiger partial charge in [0.15, 0.2) is 0 Å². The molecule has 0 saturated carbocycles. The minimum atomic E-state index is -6.48. The molecule has 27 heavy (non-hydrogen) atoms. The van der Waals surface area contributed by atoms with Crippen molar-refractivity contribution in [3.05, 3.63) is 0 Å². The largest absolute Gasteiger partial charge is 0.748 e. The highest BCUT2D eigenvalue weighted by atomic mass is 32.2. The molecular formula is C12H9F6O8S-. The Bertz CT molecular complexity index is 758. The first kappa shape index (κ1) is 20.1. The zero-order chi connectivity index (χ0) is 20.6. The molecule has 5 atom stereocenters. The number of halogens is 6. The Labute approximate surface area is 146 Å². The molecular weight excluding hydrogens is 418 g/mol. The smallest absolute Gasteiger partial charge is 0.438 e. The zero-order valence-corrected chi connectivity index (χ0v) is 13.6. The highest BCUT2D eigenvalue weighted by Gasteiger charge is 2.76. The molecule has 0 aromatic carbocycles. The van der Waals surface area contributed by atoms with E-state index in [1.807, 2.05) is 0 Å². The third kappa shape index (κ3) is 3.04. The van der Waals surface area contributed by atoms with E-state index in [2.05, 4.69) is 4.74 Å². The molecule has 0 radical (unpaired) electrons. The van der Waals surface area contributed by atoms with Crippen LogP contribution in [0.1, 0.15) is 6.42 Å². The molecule has 0 amide bonds. The Balaban J connectivity index is 1.97. The van der Waals surface area contributed by atoms with Gasteiger partial charge in [0.25, 0.3) is 0 Å². The second kappa shape index (κ2) is 5.70. The second-order valence-electron chi connectivity index (χ2n) is 6.35. The molecule has 0 N–H and O–H groups in total. The molecule has 0 aromatic rings. The number of carbonyl (C=O) groups is 2. The molecule has 0 spiro atoms. The van der Waals surface area contributed by atoms with Gasteiger partial charge in [-0.1, -0.05) is 0 Å². The van der Waals surface area contributed by atoms with Gasteiger partial charge in [0.05, 0.1) is 27.9 Å². The Hall–Kier alpha value is -1.61. The fraction of sp³-hybridized carbons (Fsp3) is 0.833. The lowest BCUT2D eigenvalue weighted by atomic mass is 9.80. The van der Waals surface area contributed by atoms with Crippen LogP contribution in [0.25, 0.3) is 0 Å². The third-order valence-corrected chi connectivity index (χ3v) is 5.45. The quantitative estimate of drug-likeness (QED) is 0.356. The lowest BCUT2D eigenvalue weighted by Gasteiger charge is -2.38. The molecule has 154 valence electrons. The summed E-state index contributed by atoms with van der Waals surface area (Å²) in [6.45, 7) is 0. The maximum absolute atomic E-state index is 13.2. The Morgan fingerprint density at radius 1 is 1.15 bits per heavy atom. The average molecular weight is 427 g/mol. The number of fused-ring (bicyclic) bond motifs is 1. The van der Waals surface area contributed by atoms with E-state index in [1.54, 1.807) is 0 Å². The van der Waals surface area contributed by atoms with E-state index in [-0.39, 0.29) is 6.42 Å². The topological polar surface area (TPSA) is 119 Å². The molecule has 0 aromatic heterocycles. The molecule has 8 nitrogen and oxygen atoms in total. The standard InChI is InChI=1S/C12H10F6O8S/c13-11(14,15)10(12(16,17)18,2-27(21,22)23)26-9(20)5-3-1-4-7(24-3)6(5)8(19)25-4/h3-7H,1-2H2,(H,21,22,23)/p-1. The molecule has 15 heteroatoms. The number of alkyl halides is 6. The maximum Gasteiger partial charge on any atom is 0.438 e. The SMILES string of the molecule is O=C(OC(CS(=O)(=O)[O-])(C(F)(F)F)C(F)(F)F)C1C2CC3OC(=O)C1C3O2. The fourth-order valence-corrected chi connectivity index (χ4v) is 4.46. The number of hydrogen-bond acceptors (Lipinski definition) is 8. The molecule has 3 aliphatic rings. The van der Waals surface area contributed by atoms with Crippen LogP contribution >= 0.6 is 0 Å². The average Bonchev–Trinajstić information content (AvgIpc) is 3.03. The molecule has 5 unspecified atom stereocenters. The number of rotatable bonds is 4. The van der Waals surface area contributed by atoms with Gasteiger partial charge < -0.3 is 18.8 Å².